The summed E-state index contributed by atoms with van der Waals surface area (Å²) in [5, 5.41) is 3.06. The summed E-state index contributed by atoms with van der Waals surface area (Å²) in [6, 6.07) is 23.0. The summed E-state index contributed by atoms with van der Waals surface area (Å²) in [6.45, 7) is 4.74. The van der Waals surface area contributed by atoms with E-state index in [2.05, 4.69) is 11.4 Å². The average molecular weight is 453 g/mol. The molecule has 0 aliphatic carbocycles. The van der Waals surface area contributed by atoms with Gasteiger partial charge in [-0.3, -0.25) is 9.59 Å². The minimum absolute atomic E-state index is 0.0220. The molecule has 0 saturated carbocycles. The van der Waals surface area contributed by atoms with Crippen molar-refractivity contribution in [1.29, 1.82) is 0 Å². The maximum Gasteiger partial charge on any atom is 0.251 e. The second-order valence-corrected chi connectivity index (χ2v) is 8.89. The molecule has 0 fully saturated rings. The number of aryl methyl sites for hydroxylation is 2. The number of benzene rings is 3. The molecule has 1 aromatic heterocycles. The van der Waals surface area contributed by atoms with E-state index in [1.165, 1.54) is 5.56 Å². The van der Waals surface area contributed by atoms with E-state index >= 15 is 0 Å². The van der Waals surface area contributed by atoms with Gasteiger partial charge in [0.05, 0.1) is 17.1 Å². The Labute approximate surface area is 199 Å². The number of aromatic nitrogens is 2. The predicted molar refractivity (Wildman–Crippen MR) is 134 cm³/mol. The first-order chi connectivity index (χ1) is 16.5. The number of hydrogen-bond donors (Lipinski definition) is 1. The topological polar surface area (TPSA) is 67.2 Å². The molecule has 1 atom stereocenters. The fourth-order valence-corrected chi connectivity index (χ4v) is 4.73. The first-order valence-corrected chi connectivity index (χ1v) is 11.7. The first-order valence-electron chi connectivity index (χ1n) is 11.7. The van der Waals surface area contributed by atoms with Crippen LogP contribution in [0.25, 0.3) is 11.0 Å². The van der Waals surface area contributed by atoms with Crippen LogP contribution in [-0.4, -0.2) is 27.9 Å². The number of hydrogen-bond acceptors (Lipinski definition) is 3. The molecule has 2 amide bonds. The maximum absolute atomic E-state index is 13.5. The Morgan fingerprint density at radius 1 is 1.03 bits per heavy atom. The largest absolute Gasteiger partial charge is 0.342 e. The van der Waals surface area contributed by atoms with Crippen LogP contribution in [0.2, 0.25) is 0 Å². The monoisotopic (exact) mass is 452 g/mol. The van der Waals surface area contributed by atoms with E-state index in [4.69, 9.17) is 4.98 Å². The van der Waals surface area contributed by atoms with Crippen LogP contribution >= 0.6 is 0 Å². The standard InChI is InChI=1S/C28H28N4O2/c1-19-9-7-11-22(17-19)28(34)29-20(2)27-30-23-13-4-6-15-25(23)32(27)18-26(33)31-16-8-12-21-10-3-5-14-24(21)31/h3-7,9-11,13-15,17,20H,8,12,16,18H2,1-2H3,(H,29,34). The number of amides is 2. The third kappa shape index (κ3) is 4.19. The second-order valence-electron chi connectivity index (χ2n) is 8.89. The fourth-order valence-electron chi connectivity index (χ4n) is 4.73. The summed E-state index contributed by atoms with van der Waals surface area (Å²) >= 11 is 0. The molecule has 2 heterocycles. The molecular formula is C28H28N4O2. The number of anilines is 1. The van der Waals surface area contributed by atoms with Crippen LogP contribution in [0.15, 0.2) is 72.8 Å². The lowest BCUT2D eigenvalue weighted by atomic mass is 10.0. The van der Waals surface area contributed by atoms with Gasteiger partial charge in [0.1, 0.15) is 12.4 Å². The molecule has 1 N–H and O–H groups in total. The Bertz CT molecular complexity index is 1370. The summed E-state index contributed by atoms with van der Waals surface area (Å²) in [5.41, 5.74) is 5.52. The summed E-state index contributed by atoms with van der Waals surface area (Å²) < 4.78 is 1.94. The SMILES string of the molecule is Cc1cccc(C(=O)NC(C)c2nc3ccccc3n2CC(=O)N2CCCc3ccccc32)c1. The number of carbonyl (C=O) groups is 2. The predicted octanol–water partition coefficient (Wildman–Crippen LogP) is 4.82. The van der Waals surface area contributed by atoms with Crippen molar-refractivity contribution < 1.29 is 9.59 Å². The Kier molecular flexibility index (Phi) is 5.88. The van der Waals surface area contributed by atoms with Crippen molar-refractivity contribution in [2.45, 2.75) is 39.3 Å². The lowest BCUT2D eigenvalue weighted by molar-refractivity contribution is -0.119. The van der Waals surface area contributed by atoms with Gasteiger partial charge in [-0.2, -0.15) is 0 Å². The summed E-state index contributed by atoms with van der Waals surface area (Å²) in [4.78, 5) is 33.1. The number of nitrogens with zero attached hydrogens (tertiary/aromatic N) is 3. The highest BCUT2D eigenvalue weighted by atomic mass is 16.2. The van der Waals surface area contributed by atoms with Crippen molar-refractivity contribution in [2.75, 3.05) is 11.4 Å². The number of para-hydroxylation sites is 3. The molecule has 1 aliphatic heterocycles. The molecule has 0 saturated heterocycles. The highest BCUT2D eigenvalue weighted by molar-refractivity contribution is 5.96. The van der Waals surface area contributed by atoms with E-state index in [9.17, 15) is 9.59 Å². The molecular weight excluding hydrogens is 424 g/mol. The zero-order valence-corrected chi connectivity index (χ0v) is 19.5. The Morgan fingerprint density at radius 3 is 2.68 bits per heavy atom. The number of fused-ring (bicyclic) bond motifs is 2. The number of carbonyl (C=O) groups excluding carboxylic acids is 2. The molecule has 4 aromatic rings. The smallest absolute Gasteiger partial charge is 0.251 e. The van der Waals surface area contributed by atoms with Crippen molar-refractivity contribution in [2.24, 2.45) is 0 Å². The van der Waals surface area contributed by atoms with Gasteiger partial charge in [-0.15, -0.1) is 0 Å². The van der Waals surface area contributed by atoms with Crippen LogP contribution in [0.5, 0.6) is 0 Å². The normalized spacial score (nSPS) is 14.0. The van der Waals surface area contributed by atoms with Crippen molar-refractivity contribution in [3.63, 3.8) is 0 Å². The van der Waals surface area contributed by atoms with Gasteiger partial charge in [-0.25, -0.2) is 4.98 Å². The minimum Gasteiger partial charge on any atom is -0.342 e. The molecule has 6 nitrogen and oxygen atoms in total. The lowest BCUT2D eigenvalue weighted by Gasteiger charge is -2.30. The van der Waals surface area contributed by atoms with Gasteiger partial charge in [0, 0.05) is 17.8 Å². The van der Waals surface area contributed by atoms with Crippen LogP contribution in [0.4, 0.5) is 5.69 Å². The Hall–Kier alpha value is -3.93. The van der Waals surface area contributed by atoms with Crippen molar-refractivity contribution >= 4 is 28.5 Å². The molecule has 5 rings (SSSR count). The molecule has 3 aromatic carbocycles. The third-order valence-corrected chi connectivity index (χ3v) is 6.40. The molecule has 6 heteroatoms. The minimum atomic E-state index is -0.373. The molecule has 0 spiro atoms. The van der Waals surface area contributed by atoms with Crippen molar-refractivity contribution in [3.05, 3.63) is 95.3 Å². The zero-order chi connectivity index (χ0) is 23.7. The van der Waals surface area contributed by atoms with E-state index in [0.29, 0.717) is 17.9 Å². The first kappa shape index (κ1) is 21.9. The van der Waals surface area contributed by atoms with Crippen molar-refractivity contribution in [3.8, 4) is 0 Å². The van der Waals surface area contributed by atoms with Gasteiger partial charge in [0.15, 0.2) is 0 Å². The number of rotatable bonds is 5. The summed E-state index contributed by atoms with van der Waals surface area (Å²) in [7, 11) is 0. The molecule has 0 radical (unpaired) electrons. The molecule has 0 bridgehead atoms. The number of nitrogens with one attached hydrogen (secondary N) is 1. The lowest BCUT2D eigenvalue weighted by Crippen LogP contribution is -2.38. The summed E-state index contributed by atoms with van der Waals surface area (Å²) in [6.07, 6.45) is 1.93. The second kappa shape index (κ2) is 9.14. The Balaban J connectivity index is 1.45. The van der Waals surface area contributed by atoms with E-state index in [-0.39, 0.29) is 24.4 Å². The molecule has 1 aliphatic rings. The Morgan fingerprint density at radius 2 is 1.82 bits per heavy atom. The van der Waals surface area contributed by atoms with Gasteiger partial charge in [0.2, 0.25) is 5.91 Å². The highest BCUT2D eigenvalue weighted by Gasteiger charge is 2.25. The third-order valence-electron chi connectivity index (χ3n) is 6.40. The molecule has 34 heavy (non-hydrogen) atoms. The van der Waals surface area contributed by atoms with E-state index < -0.39 is 0 Å². The van der Waals surface area contributed by atoms with Gasteiger partial charge in [-0.1, -0.05) is 48.0 Å². The van der Waals surface area contributed by atoms with Gasteiger partial charge >= 0.3 is 0 Å². The molecule has 172 valence electrons. The quantitative estimate of drug-likeness (QED) is 0.472. The van der Waals surface area contributed by atoms with Crippen LogP contribution in [0.3, 0.4) is 0 Å². The number of imidazole rings is 1. The average Bonchev–Trinajstić information content (AvgIpc) is 3.22. The van der Waals surface area contributed by atoms with Crippen LogP contribution in [0.1, 0.15) is 46.7 Å². The van der Waals surface area contributed by atoms with E-state index in [1.54, 1.807) is 6.07 Å². The van der Waals surface area contributed by atoms with E-state index in [1.807, 2.05) is 84.0 Å². The summed E-state index contributed by atoms with van der Waals surface area (Å²) in [5.74, 6) is 0.528. The van der Waals surface area contributed by atoms with Gasteiger partial charge < -0.3 is 14.8 Å². The van der Waals surface area contributed by atoms with E-state index in [0.717, 1.165) is 35.1 Å². The van der Waals surface area contributed by atoms with Crippen LogP contribution in [-0.2, 0) is 17.8 Å². The van der Waals surface area contributed by atoms with Crippen LogP contribution < -0.4 is 10.2 Å². The highest BCUT2D eigenvalue weighted by Crippen LogP contribution is 2.28. The van der Waals surface area contributed by atoms with Gasteiger partial charge in [-0.05, 0) is 62.6 Å². The van der Waals surface area contributed by atoms with Crippen molar-refractivity contribution in [1.82, 2.24) is 14.9 Å². The maximum atomic E-state index is 13.5. The van der Waals surface area contributed by atoms with Crippen LogP contribution in [0, 0.1) is 6.92 Å². The zero-order valence-electron chi connectivity index (χ0n) is 19.5. The fraction of sp³-hybridized carbons (Fsp3) is 0.250. The van der Waals surface area contributed by atoms with Gasteiger partial charge in [0.25, 0.3) is 5.91 Å². The molecule has 1 unspecified atom stereocenters.